The summed E-state index contributed by atoms with van der Waals surface area (Å²) < 4.78 is 0. The van der Waals surface area contributed by atoms with E-state index in [4.69, 9.17) is 5.11 Å². The monoisotopic (exact) mass is 146 g/mol. The van der Waals surface area contributed by atoms with Crippen molar-refractivity contribution in [3.63, 3.8) is 0 Å². The number of carbonyl (C=O) groups excluding carboxylic acids is 2. The maximum absolute atomic E-state index is 9.89. The summed E-state index contributed by atoms with van der Waals surface area (Å²) in [6, 6.07) is 0. The Morgan fingerprint density at radius 2 is 1.30 bits per heavy atom. The van der Waals surface area contributed by atoms with Crippen molar-refractivity contribution in [2.75, 3.05) is 0 Å². The van der Waals surface area contributed by atoms with Crippen LogP contribution in [0.1, 0.15) is 27.7 Å². The fourth-order valence-electron chi connectivity index (χ4n) is 0. The molecule has 0 saturated carbocycles. The van der Waals surface area contributed by atoms with Crippen LogP contribution in [0, 0.1) is 0 Å². The Morgan fingerprint density at radius 3 is 1.30 bits per heavy atom. The van der Waals surface area contributed by atoms with Crippen LogP contribution < -0.4 is 0 Å². The molecule has 1 atom stereocenters. The zero-order valence-electron chi connectivity index (χ0n) is 6.84. The fourth-order valence-corrected chi connectivity index (χ4v) is 0. The topological polar surface area (TPSA) is 54.4 Å². The smallest absolute Gasteiger partial charge is 0.157 e. The standard InChI is InChI=1S/C4H8O2.C3H6O/c1-3(5)4(2)6;1-3(2)4/h3,5H,1-2H3;1-2H3. The molecule has 0 aromatic rings. The van der Waals surface area contributed by atoms with E-state index < -0.39 is 6.10 Å². The van der Waals surface area contributed by atoms with Crippen LogP contribution in [0.15, 0.2) is 0 Å². The van der Waals surface area contributed by atoms with Gasteiger partial charge in [0, 0.05) is 0 Å². The lowest BCUT2D eigenvalue weighted by atomic mass is 10.3. The minimum Gasteiger partial charge on any atom is -0.386 e. The lowest BCUT2D eigenvalue weighted by Crippen LogP contribution is -2.10. The number of aliphatic hydroxyl groups is 1. The van der Waals surface area contributed by atoms with E-state index in [1.165, 1.54) is 27.7 Å². The van der Waals surface area contributed by atoms with Crippen LogP contribution in [-0.2, 0) is 9.59 Å². The van der Waals surface area contributed by atoms with Crippen molar-refractivity contribution >= 4 is 11.6 Å². The largest absolute Gasteiger partial charge is 0.386 e. The number of carbonyl (C=O) groups is 2. The Balaban J connectivity index is 0. The molecule has 1 N–H and O–H groups in total. The van der Waals surface area contributed by atoms with Gasteiger partial charge in [-0.25, -0.2) is 0 Å². The van der Waals surface area contributed by atoms with E-state index >= 15 is 0 Å². The van der Waals surface area contributed by atoms with E-state index in [9.17, 15) is 9.59 Å². The lowest BCUT2D eigenvalue weighted by molar-refractivity contribution is -0.124. The van der Waals surface area contributed by atoms with Crippen molar-refractivity contribution in [3.05, 3.63) is 0 Å². The number of aliphatic hydroxyl groups excluding tert-OH is 1. The third-order valence-corrected chi connectivity index (χ3v) is 0.588. The molecular formula is C7H14O3. The van der Waals surface area contributed by atoms with Crippen molar-refractivity contribution in [2.24, 2.45) is 0 Å². The zero-order chi connectivity index (χ0) is 8.73. The highest BCUT2D eigenvalue weighted by Crippen LogP contribution is 1.76. The van der Waals surface area contributed by atoms with Crippen molar-refractivity contribution in [3.8, 4) is 0 Å². The van der Waals surface area contributed by atoms with Gasteiger partial charge in [0.15, 0.2) is 5.78 Å². The first-order valence-corrected chi connectivity index (χ1v) is 3.03. The maximum atomic E-state index is 9.89. The molecule has 3 heteroatoms. The molecule has 0 aliphatic heterocycles. The van der Waals surface area contributed by atoms with Crippen LogP contribution in [0.2, 0.25) is 0 Å². The summed E-state index contributed by atoms with van der Waals surface area (Å²) in [5, 5.41) is 8.28. The second-order valence-electron chi connectivity index (χ2n) is 2.19. The van der Waals surface area contributed by atoms with Crippen molar-refractivity contribution in [1.82, 2.24) is 0 Å². The minimum atomic E-state index is -0.787. The average molecular weight is 146 g/mol. The molecule has 0 bridgehead atoms. The van der Waals surface area contributed by atoms with E-state index in [1.807, 2.05) is 0 Å². The normalized spacial score (nSPS) is 10.9. The molecule has 10 heavy (non-hydrogen) atoms. The molecule has 0 aliphatic rings. The van der Waals surface area contributed by atoms with Gasteiger partial charge in [-0.2, -0.15) is 0 Å². The molecule has 0 aromatic carbocycles. The average Bonchev–Trinajstić information content (AvgIpc) is 1.63. The fraction of sp³-hybridized carbons (Fsp3) is 0.714. The molecule has 0 radical (unpaired) electrons. The molecule has 0 fully saturated rings. The highest BCUT2D eigenvalue weighted by Gasteiger charge is 1.97. The second kappa shape index (κ2) is 6.42. The van der Waals surface area contributed by atoms with Gasteiger partial charge in [-0.15, -0.1) is 0 Å². The van der Waals surface area contributed by atoms with E-state index in [1.54, 1.807) is 0 Å². The van der Waals surface area contributed by atoms with Gasteiger partial charge in [0.1, 0.15) is 11.9 Å². The summed E-state index contributed by atoms with van der Waals surface area (Å²) in [6.45, 7) is 5.85. The molecule has 0 rings (SSSR count). The van der Waals surface area contributed by atoms with Gasteiger partial charge in [0.25, 0.3) is 0 Å². The van der Waals surface area contributed by atoms with Gasteiger partial charge in [-0.3, -0.25) is 4.79 Å². The van der Waals surface area contributed by atoms with E-state index in [2.05, 4.69) is 0 Å². The quantitative estimate of drug-likeness (QED) is 0.587. The maximum Gasteiger partial charge on any atom is 0.157 e. The predicted octanol–water partition coefficient (Wildman–Crippen LogP) is 0.551. The first-order chi connectivity index (χ1) is 4.37. The molecule has 0 aliphatic carbocycles. The predicted molar refractivity (Wildman–Crippen MR) is 38.7 cm³/mol. The highest BCUT2D eigenvalue weighted by atomic mass is 16.3. The summed E-state index contributed by atoms with van der Waals surface area (Å²) in [5.74, 6) is -0.0185. The third-order valence-electron chi connectivity index (χ3n) is 0.588. The molecule has 60 valence electrons. The minimum absolute atomic E-state index is 0.167. The molecule has 3 nitrogen and oxygen atoms in total. The van der Waals surface area contributed by atoms with Gasteiger partial charge >= 0.3 is 0 Å². The molecule has 0 aromatic heterocycles. The van der Waals surface area contributed by atoms with Crippen LogP contribution >= 0.6 is 0 Å². The van der Waals surface area contributed by atoms with Crippen LogP contribution in [0.5, 0.6) is 0 Å². The SMILES string of the molecule is CC(=O)C(C)O.CC(C)=O. The number of hydrogen-bond acceptors (Lipinski definition) is 3. The van der Waals surface area contributed by atoms with Crippen LogP contribution in [0.25, 0.3) is 0 Å². The molecule has 0 amide bonds. The van der Waals surface area contributed by atoms with Crippen LogP contribution in [0.3, 0.4) is 0 Å². The van der Waals surface area contributed by atoms with Crippen molar-refractivity contribution in [1.29, 1.82) is 0 Å². The molecule has 0 heterocycles. The van der Waals surface area contributed by atoms with Crippen LogP contribution in [0.4, 0.5) is 0 Å². The first kappa shape index (κ1) is 12.0. The summed E-state index contributed by atoms with van der Waals surface area (Å²) >= 11 is 0. The van der Waals surface area contributed by atoms with Gasteiger partial charge in [0.2, 0.25) is 0 Å². The summed E-state index contributed by atoms with van der Waals surface area (Å²) in [4.78, 5) is 19.3. The molecule has 0 saturated heterocycles. The number of rotatable bonds is 1. The Labute approximate surface area is 61.1 Å². The Morgan fingerprint density at radius 1 is 1.20 bits per heavy atom. The molecule has 0 spiro atoms. The molecular weight excluding hydrogens is 132 g/mol. The van der Waals surface area contributed by atoms with Gasteiger partial charge < -0.3 is 9.90 Å². The highest BCUT2D eigenvalue weighted by molar-refractivity contribution is 5.79. The lowest BCUT2D eigenvalue weighted by Gasteiger charge is -1.90. The number of hydrogen-bond donors (Lipinski definition) is 1. The Hall–Kier alpha value is -0.700. The molecule has 1 unspecified atom stereocenters. The van der Waals surface area contributed by atoms with E-state index in [0.717, 1.165) is 0 Å². The van der Waals surface area contributed by atoms with Gasteiger partial charge in [0.05, 0.1) is 0 Å². The Kier molecular flexibility index (Phi) is 7.72. The van der Waals surface area contributed by atoms with Crippen LogP contribution in [-0.4, -0.2) is 22.8 Å². The summed E-state index contributed by atoms with van der Waals surface area (Å²) in [6.07, 6.45) is -0.787. The Bertz CT molecular complexity index is 112. The van der Waals surface area contributed by atoms with E-state index in [-0.39, 0.29) is 11.6 Å². The third kappa shape index (κ3) is 26.6. The second-order valence-corrected chi connectivity index (χ2v) is 2.19. The number of Topliss-reactive ketones (excluding diaryl/α,β-unsaturated/α-hetero) is 2. The van der Waals surface area contributed by atoms with Gasteiger partial charge in [-0.1, -0.05) is 0 Å². The number of ketones is 2. The van der Waals surface area contributed by atoms with Crippen molar-refractivity contribution < 1.29 is 14.7 Å². The first-order valence-electron chi connectivity index (χ1n) is 3.03. The summed E-state index contributed by atoms with van der Waals surface area (Å²) in [5.41, 5.74) is 0. The summed E-state index contributed by atoms with van der Waals surface area (Å²) in [7, 11) is 0. The van der Waals surface area contributed by atoms with Gasteiger partial charge in [-0.05, 0) is 27.7 Å². The van der Waals surface area contributed by atoms with Crippen molar-refractivity contribution in [2.45, 2.75) is 33.8 Å². The van der Waals surface area contributed by atoms with E-state index in [0.29, 0.717) is 0 Å². The zero-order valence-corrected chi connectivity index (χ0v) is 6.84.